The maximum absolute atomic E-state index is 13.9. The van der Waals surface area contributed by atoms with Crippen molar-refractivity contribution in [1.82, 2.24) is 35.2 Å². The Kier molecular flexibility index (Phi) is 23.9. The molecule has 8 rings (SSSR count). The fourth-order valence-corrected chi connectivity index (χ4v) is 10.2. The number of piperazine rings is 2. The first-order chi connectivity index (χ1) is 41.1. The first kappa shape index (κ1) is 63.9. The molecule has 23 nitrogen and oxygen atoms in total. The molecule has 0 aliphatic carbocycles. The van der Waals surface area contributed by atoms with Crippen LogP contribution in [0.5, 0.6) is 0 Å². The largest absolute Gasteiger partial charge is 0.417 e. The minimum Gasteiger partial charge on any atom is -0.382 e. The number of benzene rings is 3. The highest BCUT2D eigenvalue weighted by Crippen LogP contribution is 2.36. The lowest BCUT2D eigenvalue weighted by Crippen LogP contribution is -2.54. The standard InChI is InChI=1S/C59H75F3N10O13/c1-68-16-22-71(23-17-68)49-9-8-43(37-48(49)66-55(76)45-39-65-53(75)38-46(45)59(60,61)62)42-5-2-4-41(36-42)40-70-20-18-69(19-21-70)15-13-64-51(73)12-24-80-26-28-82-30-32-84-34-35-85-33-31-83-29-27-81-25-14-63-47-7-3-6-44-54(47)58(79)72(57(44)78)50-10-11-52(74)67-56(50)77/h2-9,36-39,50,63H,10-35,40H2,1H3,(H,64,73)(H,65,75)(H,66,76)(H,67,74,77). The van der Waals surface area contributed by atoms with Crippen molar-refractivity contribution in [2.45, 2.75) is 38.0 Å². The first-order valence-corrected chi connectivity index (χ1v) is 28.7. The van der Waals surface area contributed by atoms with Gasteiger partial charge in [0, 0.05) is 109 Å². The third-order valence-electron chi connectivity index (χ3n) is 14.8. The van der Waals surface area contributed by atoms with Crippen LogP contribution in [0.25, 0.3) is 11.1 Å². The second-order valence-electron chi connectivity index (χ2n) is 20.8. The molecule has 5 N–H and O–H groups in total. The number of piperidine rings is 1. The van der Waals surface area contributed by atoms with E-state index in [1.807, 2.05) is 31.3 Å². The number of carbonyl (C=O) groups is 6. The summed E-state index contributed by atoms with van der Waals surface area (Å²) in [7, 11) is 2.02. The van der Waals surface area contributed by atoms with Gasteiger partial charge in [0.1, 0.15) is 6.04 Å². The van der Waals surface area contributed by atoms with Crippen molar-refractivity contribution >= 4 is 52.5 Å². The lowest BCUT2D eigenvalue weighted by Gasteiger charge is -2.35. The zero-order chi connectivity index (χ0) is 60.1. The van der Waals surface area contributed by atoms with E-state index >= 15 is 0 Å². The maximum atomic E-state index is 13.9. The Morgan fingerprint density at radius 3 is 1.94 bits per heavy atom. The molecule has 4 aliphatic rings. The van der Waals surface area contributed by atoms with Crippen molar-refractivity contribution in [2.75, 3.05) is 174 Å². The summed E-state index contributed by atoms with van der Waals surface area (Å²) in [6, 6.07) is 18.0. The number of aromatic amines is 1. The molecule has 1 aromatic heterocycles. The van der Waals surface area contributed by atoms with Crippen LogP contribution in [0.3, 0.4) is 0 Å². The average Bonchev–Trinajstić information content (AvgIpc) is 1.85. The Bertz CT molecular complexity index is 2990. The number of anilines is 3. The molecule has 3 fully saturated rings. The normalized spacial score (nSPS) is 17.1. The number of fused-ring (bicyclic) bond motifs is 1. The molecule has 85 heavy (non-hydrogen) atoms. The van der Waals surface area contributed by atoms with E-state index in [9.17, 15) is 46.7 Å². The molecular weight excluding hydrogens is 1110 g/mol. The SMILES string of the molecule is CN1CCN(c2ccc(-c3cccc(CN4CCN(CCNC(=O)CCOCCOCCOCCOCCOCCOCCNc5cccc6c5C(=O)N(C5CCC(=O)NC5=O)C6=O)CC4)c3)cc2NC(=O)c2c[nH]c(=O)cc2C(F)(F)F)CC1. The highest BCUT2D eigenvalue weighted by Gasteiger charge is 2.45. The number of imide groups is 2. The predicted octanol–water partition coefficient (Wildman–Crippen LogP) is 3.30. The van der Waals surface area contributed by atoms with Crippen LogP contribution in [-0.2, 0) is 55.5 Å². The highest BCUT2D eigenvalue weighted by atomic mass is 19.4. The number of aromatic nitrogens is 1. The summed E-state index contributed by atoms with van der Waals surface area (Å²) < 4.78 is 75.2. The Labute approximate surface area is 490 Å². The van der Waals surface area contributed by atoms with E-state index in [4.69, 9.17) is 28.4 Å². The number of likely N-dealkylation sites (N-methyl/N-ethyl adjacent to an activating group) is 1. The molecule has 6 amide bonds. The molecule has 4 aromatic rings. The number of amides is 6. The summed E-state index contributed by atoms with van der Waals surface area (Å²) >= 11 is 0. The number of H-pyrrole nitrogens is 1. The van der Waals surface area contributed by atoms with Crippen LogP contribution in [-0.4, -0.2) is 224 Å². The first-order valence-electron chi connectivity index (χ1n) is 28.7. The van der Waals surface area contributed by atoms with Gasteiger partial charge < -0.3 is 59.2 Å². The molecule has 0 saturated carbocycles. The van der Waals surface area contributed by atoms with E-state index in [1.165, 1.54) is 0 Å². The lowest BCUT2D eigenvalue weighted by atomic mass is 10.0. The van der Waals surface area contributed by atoms with E-state index in [2.05, 4.69) is 58.0 Å². The fourth-order valence-electron chi connectivity index (χ4n) is 10.2. The number of carbonyl (C=O) groups excluding carboxylic acids is 6. The summed E-state index contributed by atoms with van der Waals surface area (Å²) in [5.74, 6) is -3.29. The van der Waals surface area contributed by atoms with Gasteiger partial charge in [-0.2, -0.15) is 13.2 Å². The minimum absolute atomic E-state index is 0.0485. The van der Waals surface area contributed by atoms with Crippen molar-refractivity contribution < 1.29 is 70.4 Å². The topological polar surface area (TPSA) is 255 Å². The zero-order valence-corrected chi connectivity index (χ0v) is 47.8. The van der Waals surface area contributed by atoms with Crippen LogP contribution < -0.4 is 31.7 Å². The van der Waals surface area contributed by atoms with Gasteiger partial charge in [-0.3, -0.25) is 53.6 Å². The van der Waals surface area contributed by atoms with Crippen molar-refractivity contribution in [3.63, 3.8) is 0 Å². The van der Waals surface area contributed by atoms with Gasteiger partial charge in [-0.15, -0.1) is 0 Å². The second kappa shape index (κ2) is 31.8. The van der Waals surface area contributed by atoms with Crippen molar-refractivity contribution in [3.05, 3.63) is 111 Å². The number of nitrogens with one attached hydrogen (secondary N) is 5. The van der Waals surface area contributed by atoms with Gasteiger partial charge in [0.05, 0.1) is 113 Å². The molecule has 0 bridgehead atoms. The third-order valence-corrected chi connectivity index (χ3v) is 14.8. The zero-order valence-electron chi connectivity index (χ0n) is 47.8. The monoisotopic (exact) mass is 1190 g/mol. The number of rotatable bonds is 32. The van der Waals surface area contributed by atoms with E-state index in [1.54, 1.807) is 24.3 Å². The van der Waals surface area contributed by atoms with Crippen LogP contribution in [0.1, 0.15) is 61.5 Å². The van der Waals surface area contributed by atoms with Gasteiger partial charge in [0.2, 0.25) is 23.3 Å². The Morgan fingerprint density at radius 2 is 1.28 bits per heavy atom. The van der Waals surface area contributed by atoms with E-state index in [0.717, 1.165) is 73.6 Å². The Balaban J connectivity index is 0.608. The van der Waals surface area contributed by atoms with Crippen LogP contribution in [0, 0.1) is 0 Å². The van der Waals surface area contributed by atoms with Crippen LogP contribution in [0.4, 0.5) is 30.2 Å². The molecule has 0 radical (unpaired) electrons. The van der Waals surface area contributed by atoms with Gasteiger partial charge in [0.15, 0.2) is 0 Å². The summed E-state index contributed by atoms with van der Waals surface area (Å²) in [5, 5.41) is 11.0. The second-order valence-corrected chi connectivity index (χ2v) is 20.8. The molecular formula is C59H75F3N10O13. The number of nitrogens with zero attached hydrogens (tertiary/aromatic N) is 5. The molecule has 460 valence electrons. The Hall–Kier alpha value is -7.14. The maximum Gasteiger partial charge on any atom is 0.417 e. The molecule has 3 aromatic carbocycles. The van der Waals surface area contributed by atoms with Crippen molar-refractivity contribution in [2.24, 2.45) is 0 Å². The summed E-state index contributed by atoms with van der Waals surface area (Å²) in [6.45, 7) is 12.9. The lowest BCUT2D eigenvalue weighted by molar-refractivity contribution is -0.138. The fraction of sp³-hybridized carbons (Fsp3) is 0.508. The molecule has 1 atom stereocenters. The quantitative estimate of drug-likeness (QED) is 0.0347. The smallest absolute Gasteiger partial charge is 0.382 e. The van der Waals surface area contributed by atoms with Gasteiger partial charge in [-0.25, -0.2) is 0 Å². The summed E-state index contributed by atoms with van der Waals surface area (Å²) in [6.07, 6.45) is -3.73. The number of hydrogen-bond donors (Lipinski definition) is 5. The Morgan fingerprint density at radius 1 is 0.659 bits per heavy atom. The van der Waals surface area contributed by atoms with Gasteiger partial charge in [-0.1, -0.05) is 30.3 Å². The number of alkyl halides is 3. The van der Waals surface area contributed by atoms with Crippen LogP contribution in [0.2, 0.25) is 0 Å². The van der Waals surface area contributed by atoms with Crippen molar-refractivity contribution in [3.8, 4) is 11.1 Å². The molecule has 4 aliphatic heterocycles. The molecule has 5 heterocycles. The number of halogens is 3. The van der Waals surface area contributed by atoms with E-state index < -0.39 is 58.4 Å². The van der Waals surface area contributed by atoms with Crippen LogP contribution >= 0.6 is 0 Å². The summed E-state index contributed by atoms with van der Waals surface area (Å²) in [4.78, 5) is 100. The third kappa shape index (κ3) is 18.7. The minimum atomic E-state index is -4.91. The summed E-state index contributed by atoms with van der Waals surface area (Å²) in [5.41, 5.74) is 1.73. The average molecular weight is 1190 g/mol. The molecule has 26 heteroatoms. The highest BCUT2D eigenvalue weighted by molar-refractivity contribution is 6.25. The molecule has 1 unspecified atom stereocenters. The number of ether oxygens (including phenoxy) is 6. The van der Waals surface area contributed by atoms with Gasteiger partial charge >= 0.3 is 6.18 Å². The van der Waals surface area contributed by atoms with Gasteiger partial charge in [0.25, 0.3) is 17.7 Å². The van der Waals surface area contributed by atoms with E-state index in [0.29, 0.717) is 129 Å². The number of hydrogen-bond acceptors (Lipinski definition) is 18. The van der Waals surface area contributed by atoms with Gasteiger partial charge in [-0.05, 0) is 60.5 Å². The molecule has 0 spiro atoms. The van der Waals surface area contributed by atoms with Crippen LogP contribution in [0.15, 0.2) is 77.7 Å². The predicted molar refractivity (Wildman–Crippen MR) is 307 cm³/mol. The molecule has 3 saturated heterocycles. The van der Waals surface area contributed by atoms with E-state index in [-0.39, 0.29) is 42.9 Å². The number of pyridine rings is 1. The van der Waals surface area contributed by atoms with Crippen molar-refractivity contribution in [1.29, 1.82) is 0 Å².